The van der Waals surface area contributed by atoms with E-state index in [2.05, 4.69) is 34.3 Å². The predicted molar refractivity (Wildman–Crippen MR) is 52.1 cm³/mol. The van der Waals surface area contributed by atoms with Gasteiger partial charge in [-0.15, -0.1) is 0 Å². The van der Waals surface area contributed by atoms with E-state index in [9.17, 15) is 0 Å². The molecule has 0 aromatic carbocycles. The fourth-order valence-electron chi connectivity index (χ4n) is 0.492. The molecule has 4 heteroatoms. The van der Waals surface area contributed by atoms with Crippen molar-refractivity contribution in [2.45, 2.75) is 20.3 Å². The average molecular weight is 168 g/mol. The molecule has 0 fully saturated rings. The second kappa shape index (κ2) is 8.04. The molecule has 0 bridgehead atoms. The van der Waals surface area contributed by atoms with E-state index in [0.29, 0.717) is 12.5 Å². The van der Waals surface area contributed by atoms with Crippen molar-refractivity contribution in [1.29, 1.82) is 0 Å². The third-order valence-corrected chi connectivity index (χ3v) is 1.01. The number of hydrogen-bond donors (Lipinski definition) is 0. The summed E-state index contributed by atoms with van der Waals surface area (Å²) < 4.78 is 0. The molecule has 0 amide bonds. The molecular formula is C8H16N4. The summed E-state index contributed by atoms with van der Waals surface area (Å²) in [6, 6.07) is 0. The number of azo groups is 1. The van der Waals surface area contributed by atoms with Crippen molar-refractivity contribution in [3.05, 3.63) is 0 Å². The Bertz CT molecular complexity index is 170. The van der Waals surface area contributed by atoms with E-state index in [4.69, 9.17) is 0 Å². The van der Waals surface area contributed by atoms with Crippen LogP contribution in [0.15, 0.2) is 20.4 Å². The summed E-state index contributed by atoms with van der Waals surface area (Å²) in [6.07, 6.45) is 4.35. The molecule has 0 radical (unpaired) electrons. The SMILES string of the molecule is CN=NCCC=NN=CC(C)C. The van der Waals surface area contributed by atoms with E-state index in [1.54, 1.807) is 19.5 Å². The fourth-order valence-corrected chi connectivity index (χ4v) is 0.492. The summed E-state index contributed by atoms with van der Waals surface area (Å²) in [5.74, 6) is 0.456. The molecule has 0 N–H and O–H groups in total. The quantitative estimate of drug-likeness (QED) is 0.261. The van der Waals surface area contributed by atoms with E-state index in [-0.39, 0.29) is 0 Å². The van der Waals surface area contributed by atoms with Gasteiger partial charge >= 0.3 is 0 Å². The highest BCUT2D eigenvalue weighted by molar-refractivity contribution is 5.62. The molecule has 68 valence electrons. The Labute approximate surface area is 73.5 Å². The molecule has 0 unspecified atom stereocenters. The minimum atomic E-state index is 0.456. The van der Waals surface area contributed by atoms with E-state index < -0.39 is 0 Å². The van der Waals surface area contributed by atoms with Gasteiger partial charge in [0.15, 0.2) is 0 Å². The lowest BCUT2D eigenvalue weighted by Gasteiger charge is -1.87. The van der Waals surface area contributed by atoms with Gasteiger partial charge in [-0.3, -0.25) is 0 Å². The lowest BCUT2D eigenvalue weighted by Crippen LogP contribution is -1.85. The molecule has 0 saturated heterocycles. The topological polar surface area (TPSA) is 49.4 Å². The van der Waals surface area contributed by atoms with Crippen molar-refractivity contribution in [3.63, 3.8) is 0 Å². The third kappa shape index (κ3) is 8.94. The molecule has 0 heterocycles. The van der Waals surface area contributed by atoms with Gasteiger partial charge in [0, 0.05) is 25.9 Å². The molecule has 0 rings (SSSR count). The summed E-state index contributed by atoms with van der Waals surface area (Å²) >= 11 is 0. The summed E-state index contributed by atoms with van der Waals surface area (Å²) in [5.41, 5.74) is 0. The van der Waals surface area contributed by atoms with Gasteiger partial charge in [-0.25, -0.2) is 0 Å². The Kier molecular flexibility index (Phi) is 7.33. The highest BCUT2D eigenvalue weighted by Crippen LogP contribution is 1.85. The Morgan fingerprint density at radius 2 is 2.00 bits per heavy atom. The van der Waals surface area contributed by atoms with Crippen LogP contribution in [0, 0.1) is 5.92 Å². The van der Waals surface area contributed by atoms with Crippen LogP contribution in [0.25, 0.3) is 0 Å². The van der Waals surface area contributed by atoms with Crippen LogP contribution in [-0.2, 0) is 0 Å². The second-order valence-electron chi connectivity index (χ2n) is 2.66. The van der Waals surface area contributed by atoms with Crippen molar-refractivity contribution in [2.75, 3.05) is 13.6 Å². The molecule has 0 atom stereocenters. The van der Waals surface area contributed by atoms with Crippen LogP contribution in [0.1, 0.15) is 20.3 Å². The Hall–Kier alpha value is -1.06. The number of nitrogens with zero attached hydrogens (tertiary/aromatic N) is 4. The van der Waals surface area contributed by atoms with Crippen molar-refractivity contribution in [3.8, 4) is 0 Å². The fraction of sp³-hybridized carbons (Fsp3) is 0.750. The highest BCUT2D eigenvalue weighted by Gasteiger charge is 1.81. The average Bonchev–Trinajstić information content (AvgIpc) is 2.02. The van der Waals surface area contributed by atoms with Crippen LogP contribution < -0.4 is 0 Å². The zero-order valence-corrected chi connectivity index (χ0v) is 7.94. The molecule has 0 aliphatic heterocycles. The van der Waals surface area contributed by atoms with Gasteiger partial charge < -0.3 is 0 Å². The molecule has 0 aliphatic carbocycles. The summed E-state index contributed by atoms with van der Waals surface area (Å²) in [7, 11) is 1.66. The molecule has 12 heavy (non-hydrogen) atoms. The minimum Gasteiger partial charge on any atom is -0.198 e. The molecule has 0 aromatic heterocycles. The van der Waals surface area contributed by atoms with Crippen LogP contribution in [0.5, 0.6) is 0 Å². The minimum absolute atomic E-state index is 0.456. The van der Waals surface area contributed by atoms with Crippen molar-refractivity contribution >= 4 is 12.4 Å². The smallest absolute Gasteiger partial charge is 0.0648 e. The van der Waals surface area contributed by atoms with E-state index in [1.807, 2.05) is 0 Å². The van der Waals surface area contributed by atoms with Crippen molar-refractivity contribution in [1.82, 2.24) is 0 Å². The van der Waals surface area contributed by atoms with Crippen LogP contribution in [0.4, 0.5) is 0 Å². The first-order chi connectivity index (χ1) is 5.77. The van der Waals surface area contributed by atoms with Crippen molar-refractivity contribution in [2.24, 2.45) is 26.3 Å². The van der Waals surface area contributed by atoms with Crippen LogP contribution in [0.3, 0.4) is 0 Å². The van der Waals surface area contributed by atoms with Gasteiger partial charge in [-0.1, -0.05) is 13.8 Å². The third-order valence-electron chi connectivity index (χ3n) is 1.01. The van der Waals surface area contributed by atoms with Crippen molar-refractivity contribution < 1.29 is 0 Å². The van der Waals surface area contributed by atoms with Crippen LogP contribution in [-0.4, -0.2) is 26.0 Å². The molecule has 0 aromatic rings. The van der Waals surface area contributed by atoms with Gasteiger partial charge in [0.05, 0.1) is 6.54 Å². The first-order valence-electron chi connectivity index (χ1n) is 4.08. The van der Waals surface area contributed by atoms with Gasteiger partial charge in [0.25, 0.3) is 0 Å². The maximum Gasteiger partial charge on any atom is 0.0648 e. The monoisotopic (exact) mass is 168 g/mol. The summed E-state index contributed by atoms with van der Waals surface area (Å²) in [6.45, 7) is 4.81. The molecule has 0 saturated carbocycles. The largest absolute Gasteiger partial charge is 0.198 e. The first kappa shape index (κ1) is 10.9. The number of hydrogen-bond acceptors (Lipinski definition) is 4. The van der Waals surface area contributed by atoms with Gasteiger partial charge in [0.2, 0.25) is 0 Å². The molecule has 0 aliphatic rings. The summed E-state index contributed by atoms with van der Waals surface area (Å²) in [4.78, 5) is 0. The maximum atomic E-state index is 3.84. The van der Waals surface area contributed by atoms with Crippen LogP contribution >= 0.6 is 0 Å². The van der Waals surface area contributed by atoms with Gasteiger partial charge in [0.1, 0.15) is 0 Å². The van der Waals surface area contributed by atoms with Crippen LogP contribution in [0.2, 0.25) is 0 Å². The van der Waals surface area contributed by atoms with Gasteiger partial charge in [-0.2, -0.15) is 20.4 Å². The molecular weight excluding hydrogens is 152 g/mol. The highest BCUT2D eigenvalue weighted by atomic mass is 15.2. The standard InChI is InChI=1S/C8H16N4/c1-8(2)7-12-11-6-4-5-10-9-3/h6-8H,4-5H2,1-3H3. The van der Waals surface area contributed by atoms with E-state index in [0.717, 1.165) is 6.42 Å². The Balaban J connectivity index is 3.37. The maximum absolute atomic E-state index is 3.84. The Morgan fingerprint density at radius 3 is 2.58 bits per heavy atom. The van der Waals surface area contributed by atoms with Gasteiger partial charge in [-0.05, 0) is 5.92 Å². The normalized spacial score (nSPS) is 13.0. The lowest BCUT2D eigenvalue weighted by atomic mass is 10.3. The molecule has 0 spiro atoms. The zero-order valence-electron chi connectivity index (χ0n) is 7.94. The number of rotatable bonds is 5. The first-order valence-corrected chi connectivity index (χ1v) is 4.08. The van der Waals surface area contributed by atoms with E-state index in [1.165, 1.54) is 0 Å². The molecule has 4 nitrogen and oxygen atoms in total. The van der Waals surface area contributed by atoms with E-state index >= 15 is 0 Å². The zero-order chi connectivity index (χ0) is 9.23. The Morgan fingerprint density at radius 1 is 1.25 bits per heavy atom. The summed E-state index contributed by atoms with van der Waals surface area (Å²) in [5, 5.41) is 15.1. The lowest BCUT2D eigenvalue weighted by molar-refractivity contribution is 0.898. The second-order valence-corrected chi connectivity index (χ2v) is 2.66. The predicted octanol–water partition coefficient (Wildman–Crippen LogP) is 2.17.